The summed E-state index contributed by atoms with van der Waals surface area (Å²) >= 11 is 0. The van der Waals surface area contributed by atoms with E-state index in [9.17, 15) is 10.1 Å². The zero-order chi connectivity index (χ0) is 13.8. The Labute approximate surface area is 110 Å². The van der Waals surface area contributed by atoms with Gasteiger partial charge in [0.25, 0.3) is 0 Å². The smallest absolute Gasteiger partial charge is 0.353 e. The largest absolute Gasteiger partial charge is 0.384 e. The van der Waals surface area contributed by atoms with E-state index in [0.717, 1.165) is 19.5 Å². The Hall–Kier alpha value is -1.96. The molecule has 0 amide bonds. The van der Waals surface area contributed by atoms with E-state index in [0.29, 0.717) is 18.3 Å². The summed E-state index contributed by atoms with van der Waals surface area (Å²) in [6, 6.07) is 0. The van der Waals surface area contributed by atoms with Crippen molar-refractivity contribution in [3.05, 3.63) is 16.4 Å². The lowest BCUT2D eigenvalue weighted by molar-refractivity contribution is -0.383. The zero-order valence-corrected chi connectivity index (χ0v) is 11.0. The molecule has 1 saturated heterocycles. The topological polar surface area (TPSA) is 93.4 Å². The van der Waals surface area contributed by atoms with Crippen molar-refractivity contribution in [1.29, 1.82) is 0 Å². The minimum atomic E-state index is -0.440. The van der Waals surface area contributed by atoms with Gasteiger partial charge in [-0.1, -0.05) is 0 Å². The van der Waals surface area contributed by atoms with Gasteiger partial charge >= 0.3 is 5.69 Å². The Balaban J connectivity index is 2.28. The SMILES string of the molecule is CNc1ncnc(N2CCC(COC)C2)c1[N+](=O)[O-]. The fraction of sp³-hybridized carbons (Fsp3) is 0.636. The fourth-order valence-electron chi connectivity index (χ4n) is 2.35. The number of methoxy groups -OCH3 is 1. The van der Waals surface area contributed by atoms with Gasteiger partial charge in [-0.2, -0.15) is 0 Å². The molecule has 1 atom stereocenters. The number of hydrogen-bond donors (Lipinski definition) is 1. The van der Waals surface area contributed by atoms with Crippen LogP contribution in [0.5, 0.6) is 0 Å². The van der Waals surface area contributed by atoms with Crippen molar-refractivity contribution in [3.8, 4) is 0 Å². The summed E-state index contributed by atoms with van der Waals surface area (Å²) < 4.78 is 5.13. The van der Waals surface area contributed by atoms with Crippen molar-refractivity contribution in [2.24, 2.45) is 5.92 Å². The highest BCUT2D eigenvalue weighted by molar-refractivity contribution is 5.70. The Bertz CT molecular complexity index is 468. The lowest BCUT2D eigenvalue weighted by Gasteiger charge is -2.17. The van der Waals surface area contributed by atoms with E-state index in [1.54, 1.807) is 14.2 Å². The van der Waals surface area contributed by atoms with Crippen LogP contribution in [0.4, 0.5) is 17.3 Å². The molecule has 104 valence electrons. The zero-order valence-electron chi connectivity index (χ0n) is 11.0. The maximum absolute atomic E-state index is 11.2. The first-order valence-electron chi connectivity index (χ1n) is 6.08. The number of nitrogens with zero attached hydrogens (tertiary/aromatic N) is 4. The summed E-state index contributed by atoms with van der Waals surface area (Å²) in [5, 5.41) is 13.9. The number of rotatable bonds is 5. The van der Waals surface area contributed by atoms with Crippen LogP contribution >= 0.6 is 0 Å². The van der Waals surface area contributed by atoms with Crippen molar-refractivity contribution in [2.45, 2.75) is 6.42 Å². The molecule has 8 heteroatoms. The third-order valence-corrected chi connectivity index (χ3v) is 3.21. The van der Waals surface area contributed by atoms with Gasteiger partial charge in [-0.05, 0) is 6.42 Å². The average molecular weight is 267 g/mol. The van der Waals surface area contributed by atoms with Gasteiger partial charge in [-0.25, -0.2) is 9.97 Å². The van der Waals surface area contributed by atoms with Gasteiger partial charge in [0.2, 0.25) is 11.6 Å². The quantitative estimate of drug-likeness (QED) is 0.625. The summed E-state index contributed by atoms with van der Waals surface area (Å²) in [5.74, 6) is 1.01. The van der Waals surface area contributed by atoms with Gasteiger partial charge in [0.05, 0.1) is 11.5 Å². The van der Waals surface area contributed by atoms with Crippen molar-refractivity contribution in [1.82, 2.24) is 9.97 Å². The summed E-state index contributed by atoms with van der Waals surface area (Å²) in [6.07, 6.45) is 2.29. The van der Waals surface area contributed by atoms with Gasteiger partial charge < -0.3 is 15.0 Å². The molecule has 1 unspecified atom stereocenters. The molecular formula is C11H17N5O3. The second kappa shape index (κ2) is 5.79. The lowest BCUT2D eigenvalue weighted by atomic mass is 10.1. The number of nitro groups is 1. The Morgan fingerprint density at radius 1 is 1.63 bits per heavy atom. The molecule has 1 fully saturated rings. The molecule has 8 nitrogen and oxygen atoms in total. The van der Waals surface area contributed by atoms with Crippen LogP contribution in [0.25, 0.3) is 0 Å². The van der Waals surface area contributed by atoms with Gasteiger partial charge in [-0.15, -0.1) is 0 Å². The van der Waals surface area contributed by atoms with Crippen LogP contribution in [0.15, 0.2) is 6.33 Å². The summed E-state index contributed by atoms with van der Waals surface area (Å²) in [7, 11) is 3.27. The molecular weight excluding hydrogens is 250 g/mol. The minimum Gasteiger partial charge on any atom is -0.384 e. The molecule has 0 aromatic carbocycles. The van der Waals surface area contributed by atoms with Crippen molar-refractivity contribution < 1.29 is 9.66 Å². The standard InChI is InChI=1S/C11H17N5O3/c1-12-10-9(16(17)18)11(14-7-13-10)15-4-3-8(5-15)6-19-2/h7-8H,3-6H2,1-2H3,(H,12,13,14). The van der Waals surface area contributed by atoms with Crippen LogP contribution in [0.1, 0.15) is 6.42 Å². The molecule has 1 N–H and O–H groups in total. The number of hydrogen-bond acceptors (Lipinski definition) is 7. The molecule has 2 heterocycles. The lowest BCUT2D eigenvalue weighted by Crippen LogP contribution is -2.23. The molecule has 0 spiro atoms. The van der Waals surface area contributed by atoms with E-state index in [4.69, 9.17) is 4.74 Å². The molecule has 0 bridgehead atoms. The predicted octanol–water partition coefficient (Wildman–Crippen LogP) is 0.899. The molecule has 1 aromatic rings. The summed E-state index contributed by atoms with van der Waals surface area (Å²) in [6.45, 7) is 2.12. The van der Waals surface area contributed by atoms with Gasteiger partial charge in [-0.3, -0.25) is 10.1 Å². The van der Waals surface area contributed by atoms with Gasteiger partial charge in [0, 0.05) is 33.2 Å². The average Bonchev–Trinajstić information content (AvgIpc) is 2.86. The molecule has 0 saturated carbocycles. The third-order valence-electron chi connectivity index (χ3n) is 3.21. The number of anilines is 2. The molecule has 1 aromatic heterocycles. The van der Waals surface area contributed by atoms with E-state index in [1.165, 1.54) is 6.33 Å². The highest BCUT2D eigenvalue weighted by Gasteiger charge is 2.31. The Morgan fingerprint density at radius 3 is 3.05 bits per heavy atom. The number of ether oxygens (including phenoxy) is 1. The molecule has 0 aliphatic carbocycles. The van der Waals surface area contributed by atoms with Gasteiger partial charge in [0.15, 0.2) is 0 Å². The van der Waals surface area contributed by atoms with Crippen LogP contribution in [-0.4, -0.2) is 48.7 Å². The monoisotopic (exact) mass is 267 g/mol. The van der Waals surface area contributed by atoms with E-state index >= 15 is 0 Å². The van der Waals surface area contributed by atoms with E-state index < -0.39 is 4.92 Å². The van der Waals surface area contributed by atoms with Crippen molar-refractivity contribution in [3.63, 3.8) is 0 Å². The molecule has 1 aliphatic rings. The molecule has 2 rings (SSSR count). The van der Waals surface area contributed by atoms with E-state index in [1.807, 2.05) is 4.90 Å². The van der Waals surface area contributed by atoms with Crippen LogP contribution < -0.4 is 10.2 Å². The summed E-state index contributed by atoms with van der Waals surface area (Å²) in [5.41, 5.74) is -0.0666. The van der Waals surface area contributed by atoms with Crippen LogP contribution in [0.2, 0.25) is 0 Å². The van der Waals surface area contributed by atoms with Gasteiger partial charge in [0.1, 0.15) is 6.33 Å². The highest BCUT2D eigenvalue weighted by atomic mass is 16.6. The van der Waals surface area contributed by atoms with E-state index in [2.05, 4.69) is 15.3 Å². The number of aromatic nitrogens is 2. The predicted molar refractivity (Wildman–Crippen MR) is 70.4 cm³/mol. The second-order valence-electron chi connectivity index (χ2n) is 4.46. The maximum Gasteiger partial charge on any atom is 0.353 e. The second-order valence-corrected chi connectivity index (χ2v) is 4.46. The minimum absolute atomic E-state index is 0.0666. The highest BCUT2D eigenvalue weighted by Crippen LogP contribution is 2.34. The molecule has 19 heavy (non-hydrogen) atoms. The first-order valence-corrected chi connectivity index (χ1v) is 6.08. The van der Waals surface area contributed by atoms with E-state index in [-0.39, 0.29) is 11.5 Å². The van der Waals surface area contributed by atoms with Crippen molar-refractivity contribution >= 4 is 17.3 Å². The Kier molecular flexibility index (Phi) is 4.10. The molecule has 0 radical (unpaired) electrons. The summed E-state index contributed by atoms with van der Waals surface area (Å²) in [4.78, 5) is 20.6. The number of nitrogens with one attached hydrogen (secondary N) is 1. The van der Waals surface area contributed by atoms with Crippen LogP contribution in [-0.2, 0) is 4.74 Å². The first-order chi connectivity index (χ1) is 9.17. The fourth-order valence-corrected chi connectivity index (χ4v) is 2.35. The maximum atomic E-state index is 11.2. The Morgan fingerprint density at radius 2 is 2.42 bits per heavy atom. The third kappa shape index (κ3) is 2.73. The van der Waals surface area contributed by atoms with Crippen LogP contribution in [0, 0.1) is 16.0 Å². The normalized spacial score (nSPS) is 18.6. The van der Waals surface area contributed by atoms with Crippen LogP contribution in [0.3, 0.4) is 0 Å². The first kappa shape index (κ1) is 13.5. The van der Waals surface area contributed by atoms with Crippen molar-refractivity contribution in [2.75, 3.05) is 44.1 Å². The molecule has 1 aliphatic heterocycles.